The summed E-state index contributed by atoms with van der Waals surface area (Å²) in [4.78, 5) is 13.1. The maximum atomic E-state index is 13.1. The molecule has 2 rings (SSSR count). The molecule has 0 unspecified atom stereocenters. The van der Waals surface area contributed by atoms with Crippen molar-refractivity contribution in [2.75, 3.05) is 14.2 Å². The molecule has 0 aliphatic heterocycles. The van der Waals surface area contributed by atoms with E-state index in [9.17, 15) is 4.79 Å². The normalized spacial score (nSPS) is 10.5. The highest BCUT2D eigenvalue weighted by Crippen LogP contribution is 2.37. The molecule has 0 bridgehead atoms. The first kappa shape index (κ1) is 16.4. The molecule has 0 aliphatic rings. The molecule has 0 saturated carbocycles. The van der Waals surface area contributed by atoms with Crippen molar-refractivity contribution in [1.29, 1.82) is 0 Å². The van der Waals surface area contributed by atoms with Gasteiger partial charge in [0.15, 0.2) is 5.75 Å². The summed E-state index contributed by atoms with van der Waals surface area (Å²) in [6.45, 7) is 5.86. The molecular formula is C18H19ClO3. The van der Waals surface area contributed by atoms with E-state index in [4.69, 9.17) is 21.1 Å². The lowest BCUT2D eigenvalue weighted by Gasteiger charge is -2.16. The topological polar surface area (TPSA) is 35.5 Å². The fraction of sp³-hybridized carbons (Fsp3) is 0.278. The molecule has 0 amide bonds. The highest BCUT2D eigenvalue weighted by molar-refractivity contribution is 6.33. The molecule has 0 heterocycles. The van der Waals surface area contributed by atoms with E-state index in [-0.39, 0.29) is 5.78 Å². The zero-order valence-corrected chi connectivity index (χ0v) is 14.2. The number of hydrogen-bond donors (Lipinski definition) is 0. The zero-order valence-electron chi connectivity index (χ0n) is 13.4. The molecule has 0 N–H and O–H groups in total. The number of methoxy groups -OCH3 is 2. The first-order valence-electron chi connectivity index (χ1n) is 6.93. The highest BCUT2D eigenvalue weighted by atomic mass is 35.5. The first-order chi connectivity index (χ1) is 10.4. The third kappa shape index (κ3) is 2.81. The SMILES string of the molecule is COc1ccc(Cl)c(OC)c1C(=O)c1c(C)cc(C)cc1C. The number of aryl methyl sites for hydroxylation is 3. The molecular weight excluding hydrogens is 300 g/mol. The van der Waals surface area contributed by atoms with Crippen LogP contribution in [0.3, 0.4) is 0 Å². The van der Waals surface area contributed by atoms with Gasteiger partial charge < -0.3 is 9.47 Å². The summed E-state index contributed by atoms with van der Waals surface area (Å²) in [5.41, 5.74) is 3.98. The molecule has 0 fully saturated rings. The lowest BCUT2D eigenvalue weighted by molar-refractivity contribution is 0.103. The Morgan fingerprint density at radius 2 is 1.55 bits per heavy atom. The Morgan fingerprint density at radius 3 is 2.05 bits per heavy atom. The lowest BCUT2D eigenvalue weighted by Crippen LogP contribution is -2.10. The minimum atomic E-state index is -0.147. The average Bonchev–Trinajstić information content (AvgIpc) is 2.45. The van der Waals surface area contributed by atoms with Crippen molar-refractivity contribution < 1.29 is 14.3 Å². The van der Waals surface area contributed by atoms with Crippen LogP contribution < -0.4 is 9.47 Å². The van der Waals surface area contributed by atoms with Crippen molar-refractivity contribution in [1.82, 2.24) is 0 Å². The molecule has 116 valence electrons. The van der Waals surface area contributed by atoms with Crippen molar-refractivity contribution in [3.8, 4) is 11.5 Å². The van der Waals surface area contributed by atoms with E-state index in [1.807, 2.05) is 32.9 Å². The molecule has 0 saturated heterocycles. The summed E-state index contributed by atoms with van der Waals surface area (Å²) in [6, 6.07) is 7.31. The van der Waals surface area contributed by atoms with Crippen LogP contribution in [0, 0.1) is 20.8 Å². The smallest absolute Gasteiger partial charge is 0.201 e. The molecule has 3 nitrogen and oxygen atoms in total. The van der Waals surface area contributed by atoms with Crippen LogP contribution in [-0.2, 0) is 0 Å². The number of benzene rings is 2. The molecule has 0 aromatic heterocycles. The second-order valence-electron chi connectivity index (χ2n) is 5.26. The van der Waals surface area contributed by atoms with Gasteiger partial charge in [0.05, 0.1) is 19.2 Å². The maximum absolute atomic E-state index is 13.1. The van der Waals surface area contributed by atoms with Gasteiger partial charge in [-0.2, -0.15) is 0 Å². The van der Waals surface area contributed by atoms with E-state index in [0.717, 1.165) is 16.7 Å². The monoisotopic (exact) mass is 318 g/mol. The molecule has 2 aromatic rings. The van der Waals surface area contributed by atoms with Gasteiger partial charge in [0.1, 0.15) is 11.3 Å². The second kappa shape index (κ2) is 6.41. The van der Waals surface area contributed by atoms with E-state index >= 15 is 0 Å². The van der Waals surface area contributed by atoms with Gasteiger partial charge in [-0.15, -0.1) is 0 Å². The minimum Gasteiger partial charge on any atom is -0.496 e. The number of hydrogen-bond acceptors (Lipinski definition) is 3. The Balaban J connectivity index is 2.72. The van der Waals surface area contributed by atoms with Crippen LogP contribution in [0.15, 0.2) is 24.3 Å². The number of carbonyl (C=O) groups is 1. The number of ether oxygens (including phenoxy) is 2. The predicted octanol–water partition coefficient (Wildman–Crippen LogP) is 4.51. The summed E-state index contributed by atoms with van der Waals surface area (Å²) < 4.78 is 10.7. The minimum absolute atomic E-state index is 0.147. The Labute approximate surface area is 135 Å². The largest absolute Gasteiger partial charge is 0.496 e. The standard InChI is InChI=1S/C18H19ClO3/c1-10-8-11(2)15(12(3)9-10)17(20)16-14(21-4)7-6-13(19)18(16)22-5/h6-9H,1-5H3. The van der Waals surface area contributed by atoms with Crippen molar-refractivity contribution in [2.24, 2.45) is 0 Å². The van der Waals surface area contributed by atoms with Crippen LogP contribution >= 0.6 is 11.6 Å². The Hall–Kier alpha value is -2.00. The van der Waals surface area contributed by atoms with Gasteiger partial charge in [0.25, 0.3) is 0 Å². The van der Waals surface area contributed by atoms with Crippen molar-refractivity contribution in [3.05, 3.63) is 57.1 Å². The zero-order chi connectivity index (χ0) is 16.4. The van der Waals surface area contributed by atoms with Gasteiger partial charge in [0, 0.05) is 5.56 Å². The molecule has 0 atom stereocenters. The van der Waals surface area contributed by atoms with E-state index in [1.165, 1.54) is 14.2 Å². The maximum Gasteiger partial charge on any atom is 0.201 e. The van der Waals surface area contributed by atoms with Crippen molar-refractivity contribution >= 4 is 17.4 Å². The fourth-order valence-corrected chi connectivity index (χ4v) is 3.02. The third-order valence-corrected chi connectivity index (χ3v) is 3.92. The Kier molecular flexibility index (Phi) is 4.77. The second-order valence-corrected chi connectivity index (χ2v) is 5.67. The molecule has 22 heavy (non-hydrogen) atoms. The van der Waals surface area contributed by atoms with Gasteiger partial charge in [-0.05, 0) is 44.0 Å². The summed E-state index contributed by atoms with van der Waals surface area (Å²) in [5, 5.41) is 0.383. The molecule has 0 radical (unpaired) electrons. The number of halogens is 1. The van der Waals surface area contributed by atoms with E-state index < -0.39 is 0 Å². The number of rotatable bonds is 4. The van der Waals surface area contributed by atoms with Crippen molar-refractivity contribution in [2.45, 2.75) is 20.8 Å². The third-order valence-electron chi connectivity index (χ3n) is 3.63. The van der Waals surface area contributed by atoms with Gasteiger partial charge in [-0.3, -0.25) is 4.79 Å². The molecule has 4 heteroatoms. The highest BCUT2D eigenvalue weighted by Gasteiger charge is 2.24. The van der Waals surface area contributed by atoms with E-state index in [0.29, 0.717) is 27.6 Å². The lowest BCUT2D eigenvalue weighted by atomic mass is 9.92. The van der Waals surface area contributed by atoms with E-state index in [2.05, 4.69) is 0 Å². The number of ketones is 1. The Bertz CT molecular complexity index is 712. The molecule has 0 spiro atoms. The molecule has 0 aliphatic carbocycles. The average molecular weight is 319 g/mol. The molecule has 2 aromatic carbocycles. The summed E-state index contributed by atoms with van der Waals surface area (Å²) >= 11 is 6.16. The summed E-state index contributed by atoms with van der Waals surface area (Å²) in [7, 11) is 3.01. The fourth-order valence-electron chi connectivity index (χ4n) is 2.79. The Morgan fingerprint density at radius 1 is 0.955 bits per heavy atom. The van der Waals surface area contributed by atoms with Gasteiger partial charge in [-0.1, -0.05) is 29.3 Å². The van der Waals surface area contributed by atoms with Crippen LogP contribution in [0.4, 0.5) is 0 Å². The van der Waals surface area contributed by atoms with Crippen LogP contribution in [0.2, 0.25) is 5.02 Å². The number of carbonyl (C=O) groups excluding carboxylic acids is 1. The quantitative estimate of drug-likeness (QED) is 0.778. The van der Waals surface area contributed by atoms with Crippen LogP contribution in [0.5, 0.6) is 11.5 Å². The van der Waals surface area contributed by atoms with Gasteiger partial charge in [0.2, 0.25) is 5.78 Å². The van der Waals surface area contributed by atoms with E-state index in [1.54, 1.807) is 12.1 Å². The predicted molar refractivity (Wildman–Crippen MR) is 88.6 cm³/mol. The first-order valence-corrected chi connectivity index (χ1v) is 7.31. The van der Waals surface area contributed by atoms with Gasteiger partial charge in [-0.25, -0.2) is 0 Å². The summed E-state index contributed by atoms with van der Waals surface area (Å²) in [6.07, 6.45) is 0. The van der Waals surface area contributed by atoms with Crippen molar-refractivity contribution in [3.63, 3.8) is 0 Å². The van der Waals surface area contributed by atoms with Gasteiger partial charge >= 0.3 is 0 Å². The summed E-state index contributed by atoms with van der Waals surface area (Å²) in [5.74, 6) is 0.641. The van der Waals surface area contributed by atoms with Crippen LogP contribution in [-0.4, -0.2) is 20.0 Å². The van der Waals surface area contributed by atoms with Crippen LogP contribution in [0.25, 0.3) is 0 Å². The van der Waals surface area contributed by atoms with Crippen LogP contribution in [0.1, 0.15) is 32.6 Å².